The van der Waals surface area contributed by atoms with Gasteiger partial charge in [0.15, 0.2) is 11.6 Å². The quantitative estimate of drug-likeness (QED) is 0.164. The van der Waals surface area contributed by atoms with E-state index < -0.39 is 40.0 Å². The second kappa shape index (κ2) is 9.74. The molecule has 4 atom stereocenters. The molecule has 3 aliphatic heterocycles. The molecule has 3 heterocycles. The summed E-state index contributed by atoms with van der Waals surface area (Å²) in [7, 11) is 0. The number of halogens is 1. The number of nitro benzene ring substituents is 1. The van der Waals surface area contributed by atoms with Crippen molar-refractivity contribution < 1.29 is 19.3 Å². The van der Waals surface area contributed by atoms with Crippen molar-refractivity contribution in [3.05, 3.63) is 140 Å². The second-order valence-corrected chi connectivity index (χ2v) is 11.5. The van der Waals surface area contributed by atoms with E-state index in [1.807, 2.05) is 48.2 Å². The van der Waals surface area contributed by atoms with Gasteiger partial charge in [0.2, 0.25) is 5.91 Å². The van der Waals surface area contributed by atoms with Crippen LogP contribution in [0.25, 0.3) is 6.08 Å². The fourth-order valence-corrected chi connectivity index (χ4v) is 7.16. The summed E-state index contributed by atoms with van der Waals surface area (Å²) in [5, 5.41) is 15.1. The molecule has 0 bridgehead atoms. The average Bonchev–Trinajstić information content (AvgIpc) is 3.49. The Hall–Kier alpha value is -5.08. The van der Waals surface area contributed by atoms with Crippen molar-refractivity contribution >= 4 is 52.2 Å². The highest BCUT2D eigenvalue weighted by molar-refractivity contribution is 6.30. The van der Waals surface area contributed by atoms with Crippen LogP contribution in [0.4, 0.5) is 17.1 Å². The minimum absolute atomic E-state index is 0.0534. The topological polar surface area (TPSA) is 110 Å². The highest BCUT2D eigenvalue weighted by Gasteiger charge is 2.70. The number of rotatable bonds is 5. The highest BCUT2D eigenvalue weighted by atomic mass is 35.5. The lowest BCUT2D eigenvalue weighted by Gasteiger charge is -2.37. The van der Waals surface area contributed by atoms with E-state index in [9.17, 15) is 24.5 Å². The Bertz CT molecular complexity index is 1900. The third-order valence-corrected chi connectivity index (χ3v) is 9.06. The van der Waals surface area contributed by atoms with E-state index >= 15 is 0 Å². The summed E-state index contributed by atoms with van der Waals surface area (Å²) in [6.07, 6.45) is 3.83. The van der Waals surface area contributed by atoms with Crippen molar-refractivity contribution in [2.75, 3.05) is 10.2 Å². The number of anilines is 2. The van der Waals surface area contributed by atoms with Gasteiger partial charge in [0.1, 0.15) is 11.5 Å². The van der Waals surface area contributed by atoms with Crippen LogP contribution in [0.3, 0.4) is 0 Å². The van der Waals surface area contributed by atoms with E-state index in [4.69, 9.17) is 11.6 Å². The van der Waals surface area contributed by atoms with Crippen LogP contribution in [-0.4, -0.2) is 34.5 Å². The fourth-order valence-electron chi connectivity index (χ4n) is 7.04. The van der Waals surface area contributed by atoms with E-state index in [2.05, 4.69) is 5.32 Å². The Labute approximate surface area is 251 Å². The predicted octanol–water partition coefficient (Wildman–Crippen LogP) is 6.41. The van der Waals surface area contributed by atoms with Crippen LogP contribution in [0.5, 0.6) is 0 Å². The number of non-ortho nitro benzene ring substituents is 1. The first-order valence-corrected chi connectivity index (χ1v) is 14.2. The Morgan fingerprint density at radius 1 is 0.930 bits per heavy atom. The van der Waals surface area contributed by atoms with Crippen molar-refractivity contribution in [2.45, 2.75) is 24.4 Å². The van der Waals surface area contributed by atoms with Crippen LogP contribution in [0, 0.1) is 23.0 Å². The molecule has 7 rings (SSSR count). The van der Waals surface area contributed by atoms with Crippen LogP contribution in [-0.2, 0) is 10.2 Å². The van der Waals surface area contributed by atoms with Gasteiger partial charge >= 0.3 is 0 Å². The van der Waals surface area contributed by atoms with E-state index in [0.717, 1.165) is 16.8 Å². The first-order chi connectivity index (χ1) is 20.7. The molecule has 0 saturated carbocycles. The SMILES string of the molecule is Cc1ccc2c(c1)C=C[C@H]1N2[C@H](C(=O)c2ccc(Cl)cc2)[C@H](C(=O)c2cccc([N+](=O)[O-])c2)[C@]12C(=O)Nc1ccccc12. The Morgan fingerprint density at radius 3 is 2.47 bits per heavy atom. The summed E-state index contributed by atoms with van der Waals surface area (Å²) in [5.74, 6) is -2.53. The van der Waals surface area contributed by atoms with E-state index in [1.165, 1.54) is 24.3 Å². The molecule has 1 N–H and O–H groups in total. The number of amides is 1. The van der Waals surface area contributed by atoms with Gasteiger partial charge in [-0.25, -0.2) is 0 Å². The van der Waals surface area contributed by atoms with Gasteiger partial charge in [0.25, 0.3) is 5.69 Å². The molecular formula is C34H24ClN3O5. The number of aryl methyl sites for hydroxylation is 1. The van der Waals surface area contributed by atoms with Crippen molar-refractivity contribution in [1.82, 2.24) is 0 Å². The Kier molecular flexibility index (Phi) is 6.07. The normalized spacial score (nSPS) is 23.0. The largest absolute Gasteiger partial charge is 0.352 e. The number of para-hydroxylation sites is 1. The molecule has 1 spiro atoms. The number of Topliss-reactive ketones (excluding diaryl/α,β-unsaturated/α-hetero) is 2. The first kappa shape index (κ1) is 26.8. The number of carbonyl (C=O) groups excluding carboxylic acids is 3. The number of carbonyl (C=O) groups is 3. The number of nitrogens with one attached hydrogen (secondary N) is 1. The maximum Gasteiger partial charge on any atom is 0.270 e. The molecule has 1 saturated heterocycles. The van der Waals surface area contributed by atoms with Crippen LogP contribution in [0.15, 0.2) is 97.1 Å². The number of nitro groups is 1. The number of ketones is 2. The Morgan fingerprint density at radius 2 is 1.70 bits per heavy atom. The molecule has 1 fully saturated rings. The van der Waals surface area contributed by atoms with Crippen LogP contribution >= 0.6 is 11.6 Å². The number of nitrogens with zero attached hydrogens (tertiary/aromatic N) is 2. The van der Waals surface area contributed by atoms with Crippen molar-refractivity contribution in [2.24, 2.45) is 5.92 Å². The number of hydrogen-bond donors (Lipinski definition) is 1. The van der Waals surface area contributed by atoms with Crippen molar-refractivity contribution in [1.29, 1.82) is 0 Å². The molecule has 3 aliphatic rings. The average molecular weight is 590 g/mol. The van der Waals surface area contributed by atoms with Gasteiger partial charge in [-0.1, -0.05) is 65.7 Å². The number of fused-ring (bicyclic) bond motifs is 6. The standard InChI is InChI=1S/C34H24ClN3O5/c1-19-9-15-27-21(17-19)12-16-28-34(25-7-2-3-8-26(25)36-33(34)41)29(31(39)22-5-4-6-24(18-22)38(42)43)30(37(27)28)32(40)20-10-13-23(35)14-11-20/h2-18,28-30H,1H3,(H,36,41)/t28-,29-,30+,34-/m1/s1. The highest BCUT2D eigenvalue weighted by Crippen LogP contribution is 2.58. The van der Waals surface area contributed by atoms with Crippen molar-refractivity contribution in [3.8, 4) is 0 Å². The molecule has 1 amide bonds. The molecule has 0 unspecified atom stereocenters. The summed E-state index contributed by atoms with van der Waals surface area (Å²) in [5.41, 5.74) is 2.38. The zero-order valence-corrected chi connectivity index (χ0v) is 23.6. The first-order valence-electron chi connectivity index (χ1n) is 13.8. The summed E-state index contributed by atoms with van der Waals surface area (Å²) < 4.78 is 0. The Balaban J connectivity index is 1.53. The fraction of sp³-hybridized carbons (Fsp3) is 0.147. The minimum Gasteiger partial charge on any atom is -0.352 e. The maximum absolute atomic E-state index is 14.8. The summed E-state index contributed by atoms with van der Waals surface area (Å²) >= 11 is 6.15. The van der Waals surface area contributed by atoms with Crippen LogP contribution < -0.4 is 10.2 Å². The van der Waals surface area contributed by atoms with Gasteiger partial charge in [-0.05, 0) is 60.5 Å². The molecular weight excluding hydrogens is 566 g/mol. The summed E-state index contributed by atoms with van der Waals surface area (Å²) in [4.78, 5) is 56.9. The lowest BCUT2D eigenvalue weighted by molar-refractivity contribution is -0.384. The molecule has 212 valence electrons. The molecule has 4 aromatic rings. The molecule has 0 radical (unpaired) electrons. The molecule has 43 heavy (non-hydrogen) atoms. The molecule has 0 aliphatic carbocycles. The number of benzene rings is 4. The zero-order chi connectivity index (χ0) is 30.0. The van der Waals surface area contributed by atoms with Gasteiger partial charge in [0, 0.05) is 39.7 Å². The van der Waals surface area contributed by atoms with Gasteiger partial charge < -0.3 is 10.2 Å². The van der Waals surface area contributed by atoms with Gasteiger partial charge in [0.05, 0.1) is 16.9 Å². The lowest BCUT2D eigenvalue weighted by atomic mass is 9.64. The number of hydrogen-bond acceptors (Lipinski definition) is 6. The van der Waals surface area contributed by atoms with E-state index in [0.29, 0.717) is 21.8 Å². The molecule has 0 aromatic heterocycles. The second-order valence-electron chi connectivity index (χ2n) is 11.1. The third kappa shape index (κ3) is 3.87. The van der Waals surface area contributed by atoms with Gasteiger partial charge in [-0.15, -0.1) is 0 Å². The summed E-state index contributed by atoms with van der Waals surface area (Å²) in [6, 6.07) is 23.1. The van der Waals surface area contributed by atoms with Gasteiger partial charge in [-0.3, -0.25) is 24.5 Å². The smallest absolute Gasteiger partial charge is 0.270 e. The molecule has 9 heteroatoms. The maximum atomic E-state index is 14.8. The third-order valence-electron chi connectivity index (χ3n) is 8.81. The van der Waals surface area contributed by atoms with Gasteiger partial charge in [-0.2, -0.15) is 0 Å². The van der Waals surface area contributed by atoms with Crippen LogP contribution in [0.1, 0.15) is 37.4 Å². The monoisotopic (exact) mass is 589 g/mol. The van der Waals surface area contributed by atoms with Crippen LogP contribution in [0.2, 0.25) is 5.02 Å². The summed E-state index contributed by atoms with van der Waals surface area (Å²) in [6.45, 7) is 1.97. The van der Waals surface area contributed by atoms with E-state index in [1.54, 1.807) is 42.5 Å². The van der Waals surface area contributed by atoms with Crippen molar-refractivity contribution in [3.63, 3.8) is 0 Å². The lowest BCUT2D eigenvalue weighted by Crippen LogP contribution is -2.51. The molecule has 8 nitrogen and oxygen atoms in total. The molecule has 4 aromatic carbocycles. The minimum atomic E-state index is -1.51. The zero-order valence-electron chi connectivity index (χ0n) is 22.9. The van der Waals surface area contributed by atoms with E-state index in [-0.39, 0.29) is 17.0 Å². The predicted molar refractivity (Wildman–Crippen MR) is 164 cm³/mol.